The first-order valence-electron chi connectivity index (χ1n) is 10.9. The molecule has 2 N–H and O–H groups in total. The topological polar surface area (TPSA) is 71.1 Å². The maximum absolute atomic E-state index is 13.0. The van der Waals surface area contributed by atoms with Gasteiger partial charge in [-0.15, -0.1) is 0 Å². The van der Waals surface area contributed by atoms with Crippen LogP contribution < -0.4 is 10.6 Å². The molecule has 5 nitrogen and oxygen atoms in total. The molecule has 5 heteroatoms. The number of carbonyl (C=O) groups excluding carboxylic acids is 2. The van der Waals surface area contributed by atoms with Gasteiger partial charge in [0.25, 0.3) is 0 Å². The lowest BCUT2D eigenvalue weighted by atomic mass is 9.88. The van der Waals surface area contributed by atoms with E-state index in [4.69, 9.17) is 0 Å². The molecule has 0 aliphatic heterocycles. The van der Waals surface area contributed by atoms with Gasteiger partial charge in [0.1, 0.15) is 0 Å². The summed E-state index contributed by atoms with van der Waals surface area (Å²) in [5.74, 6) is 1.96. The summed E-state index contributed by atoms with van der Waals surface area (Å²) in [5, 5.41) is 6.22. The number of rotatable bonds is 4. The molecular weight excluding hydrogens is 350 g/mol. The highest BCUT2D eigenvalue weighted by Gasteiger charge is 2.85. The fourth-order valence-corrected chi connectivity index (χ4v) is 8.30. The summed E-state index contributed by atoms with van der Waals surface area (Å²) < 4.78 is 0. The number of nitrogens with one attached hydrogen (secondary N) is 2. The fraction of sp³-hybridized carbons (Fsp3) is 0.696. The number of anilines is 2. The Hall–Kier alpha value is -1.91. The van der Waals surface area contributed by atoms with E-state index in [0.717, 1.165) is 24.7 Å². The Labute approximate surface area is 165 Å². The second-order valence-electron chi connectivity index (χ2n) is 11.3. The summed E-state index contributed by atoms with van der Waals surface area (Å²) in [4.78, 5) is 30.2. The molecule has 146 valence electrons. The molecule has 0 aromatic carbocycles. The van der Waals surface area contributed by atoms with Crippen molar-refractivity contribution in [3.63, 3.8) is 0 Å². The molecule has 8 unspecified atom stereocenters. The van der Waals surface area contributed by atoms with E-state index in [1.807, 2.05) is 0 Å². The highest BCUT2D eigenvalue weighted by atomic mass is 16.2. The first kappa shape index (κ1) is 15.9. The van der Waals surface area contributed by atoms with Crippen LogP contribution in [0.4, 0.5) is 11.4 Å². The molecule has 8 atom stereocenters. The third kappa shape index (κ3) is 1.62. The van der Waals surface area contributed by atoms with Crippen molar-refractivity contribution in [2.75, 3.05) is 10.6 Å². The third-order valence-electron chi connectivity index (χ3n) is 10.4. The van der Waals surface area contributed by atoms with Gasteiger partial charge < -0.3 is 10.6 Å². The van der Waals surface area contributed by atoms with E-state index in [-0.39, 0.29) is 34.5 Å². The zero-order valence-corrected chi connectivity index (χ0v) is 16.5. The van der Waals surface area contributed by atoms with Crippen molar-refractivity contribution in [2.24, 2.45) is 45.3 Å². The molecule has 0 saturated heterocycles. The minimum atomic E-state index is 0.0992. The van der Waals surface area contributed by atoms with Gasteiger partial charge >= 0.3 is 0 Å². The fourth-order valence-electron chi connectivity index (χ4n) is 8.30. The van der Waals surface area contributed by atoms with E-state index >= 15 is 0 Å². The molecule has 6 aliphatic carbocycles. The number of hydrogen-bond donors (Lipinski definition) is 2. The lowest BCUT2D eigenvalue weighted by Gasteiger charge is -2.23. The van der Waals surface area contributed by atoms with Crippen molar-refractivity contribution in [1.29, 1.82) is 0 Å². The first-order chi connectivity index (χ1) is 13.3. The molecule has 7 rings (SSSR count). The zero-order chi connectivity index (χ0) is 19.1. The lowest BCUT2D eigenvalue weighted by molar-refractivity contribution is -0.122. The normalized spacial score (nSPS) is 52.6. The van der Waals surface area contributed by atoms with E-state index in [2.05, 4.69) is 29.5 Å². The molecule has 6 saturated carbocycles. The van der Waals surface area contributed by atoms with Crippen LogP contribution in [0.2, 0.25) is 0 Å². The number of hydrogen-bond acceptors (Lipinski definition) is 3. The predicted octanol–water partition coefficient (Wildman–Crippen LogP) is 3.83. The SMILES string of the molecule is CC12CC13CC3CC2C(=O)Nc1ccncc1NC(=O)C1CC2CC23CC13C. The van der Waals surface area contributed by atoms with E-state index < -0.39 is 0 Å². The molecule has 1 heterocycles. The molecule has 1 aromatic rings. The molecule has 1 aromatic heterocycles. The van der Waals surface area contributed by atoms with E-state index in [1.54, 1.807) is 18.5 Å². The van der Waals surface area contributed by atoms with Gasteiger partial charge in [-0.2, -0.15) is 0 Å². The standard InChI is InChI=1S/C23H27N3O2/c1-20-10-22(20)7-12(22)5-14(20)18(27)25-16-3-4-24-9-17(16)26-19(28)15-6-13-8-23(13)11-21(15,23)2/h3-4,9,12-15H,5-8,10-11H2,1-2H3,(H,26,28)(H,24,25,27). The van der Waals surface area contributed by atoms with Gasteiger partial charge in [-0.3, -0.25) is 14.6 Å². The van der Waals surface area contributed by atoms with E-state index in [9.17, 15) is 9.59 Å². The van der Waals surface area contributed by atoms with Gasteiger partial charge in [0, 0.05) is 18.0 Å². The number of pyridine rings is 1. The van der Waals surface area contributed by atoms with Gasteiger partial charge in [0.15, 0.2) is 0 Å². The van der Waals surface area contributed by atoms with Gasteiger partial charge in [0.05, 0.1) is 17.6 Å². The van der Waals surface area contributed by atoms with Crippen LogP contribution in [-0.2, 0) is 9.59 Å². The van der Waals surface area contributed by atoms with Crippen molar-refractivity contribution in [3.05, 3.63) is 18.5 Å². The first-order valence-corrected chi connectivity index (χ1v) is 10.9. The van der Waals surface area contributed by atoms with Crippen LogP contribution in [0.5, 0.6) is 0 Å². The minimum absolute atomic E-state index is 0.0992. The molecule has 6 fully saturated rings. The smallest absolute Gasteiger partial charge is 0.228 e. The Morgan fingerprint density at radius 2 is 1.46 bits per heavy atom. The number of amides is 2. The Morgan fingerprint density at radius 1 is 0.929 bits per heavy atom. The van der Waals surface area contributed by atoms with Gasteiger partial charge in [-0.25, -0.2) is 0 Å². The molecule has 28 heavy (non-hydrogen) atoms. The second-order valence-corrected chi connectivity index (χ2v) is 11.3. The summed E-state index contributed by atoms with van der Waals surface area (Å²) in [6, 6.07) is 1.81. The average Bonchev–Trinajstić information content (AvgIpc) is 3.57. The van der Waals surface area contributed by atoms with Gasteiger partial charge in [-0.05, 0) is 78.1 Å². The molecule has 2 spiro atoms. The number of nitrogens with zero attached hydrogens (tertiary/aromatic N) is 1. The molecule has 0 bridgehead atoms. The van der Waals surface area contributed by atoms with Crippen LogP contribution in [0, 0.1) is 45.3 Å². The van der Waals surface area contributed by atoms with Crippen molar-refractivity contribution >= 4 is 23.2 Å². The zero-order valence-electron chi connectivity index (χ0n) is 16.5. The monoisotopic (exact) mass is 377 g/mol. The quantitative estimate of drug-likeness (QED) is 0.838. The van der Waals surface area contributed by atoms with Crippen LogP contribution in [0.3, 0.4) is 0 Å². The Morgan fingerprint density at radius 3 is 1.93 bits per heavy atom. The lowest BCUT2D eigenvalue weighted by Crippen LogP contribution is -2.31. The van der Waals surface area contributed by atoms with Gasteiger partial charge in [0.2, 0.25) is 11.8 Å². The van der Waals surface area contributed by atoms with Crippen LogP contribution in [0.15, 0.2) is 18.5 Å². The van der Waals surface area contributed by atoms with Crippen molar-refractivity contribution in [2.45, 2.75) is 52.4 Å². The average molecular weight is 377 g/mol. The second kappa shape index (κ2) is 4.31. The Kier molecular flexibility index (Phi) is 2.46. The van der Waals surface area contributed by atoms with Crippen LogP contribution in [0.25, 0.3) is 0 Å². The predicted molar refractivity (Wildman–Crippen MR) is 104 cm³/mol. The molecular formula is C23H27N3O2. The maximum Gasteiger partial charge on any atom is 0.228 e. The maximum atomic E-state index is 13.0. The molecule has 0 radical (unpaired) electrons. The Bertz CT molecular complexity index is 899. The van der Waals surface area contributed by atoms with Crippen LogP contribution >= 0.6 is 0 Å². The summed E-state index contributed by atoms with van der Waals surface area (Å²) >= 11 is 0. The minimum Gasteiger partial charge on any atom is -0.324 e. The molecule has 2 amide bonds. The molecule has 6 aliphatic rings. The summed E-state index contributed by atoms with van der Waals surface area (Å²) in [5.41, 5.74) is 2.73. The third-order valence-corrected chi connectivity index (χ3v) is 10.4. The van der Waals surface area contributed by atoms with Crippen molar-refractivity contribution < 1.29 is 9.59 Å². The van der Waals surface area contributed by atoms with Crippen LogP contribution in [-0.4, -0.2) is 16.8 Å². The van der Waals surface area contributed by atoms with Crippen molar-refractivity contribution in [1.82, 2.24) is 4.98 Å². The van der Waals surface area contributed by atoms with E-state index in [1.165, 1.54) is 25.7 Å². The van der Waals surface area contributed by atoms with Crippen molar-refractivity contribution in [3.8, 4) is 0 Å². The van der Waals surface area contributed by atoms with E-state index in [0.29, 0.717) is 22.2 Å². The van der Waals surface area contributed by atoms with Gasteiger partial charge in [-0.1, -0.05) is 13.8 Å². The number of carbonyl (C=O) groups is 2. The highest BCUT2D eigenvalue weighted by molar-refractivity contribution is 6.01. The Balaban J connectivity index is 1.09. The number of aromatic nitrogens is 1. The highest BCUT2D eigenvalue weighted by Crippen LogP contribution is 2.91. The summed E-state index contributed by atoms with van der Waals surface area (Å²) in [7, 11) is 0. The largest absolute Gasteiger partial charge is 0.324 e. The summed E-state index contributed by atoms with van der Waals surface area (Å²) in [6.45, 7) is 4.57. The van der Waals surface area contributed by atoms with Crippen LogP contribution in [0.1, 0.15) is 52.4 Å². The summed E-state index contributed by atoms with van der Waals surface area (Å²) in [6.07, 6.45) is 10.5.